The van der Waals surface area contributed by atoms with Gasteiger partial charge in [-0.05, 0) is 82.8 Å². The molecule has 1 aliphatic rings. The number of amides is 1. The van der Waals surface area contributed by atoms with Crippen LogP contribution < -0.4 is 19.9 Å². The molecule has 0 bridgehead atoms. The van der Waals surface area contributed by atoms with Crippen LogP contribution in [-0.2, 0) is 0 Å². The minimum atomic E-state index is -0.306. The average Bonchev–Trinajstić information content (AvgIpc) is 2.74. The summed E-state index contributed by atoms with van der Waals surface area (Å²) in [5, 5.41) is 3.55. The summed E-state index contributed by atoms with van der Waals surface area (Å²) in [6.45, 7) is 0. The third-order valence-corrected chi connectivity index (χ3v) is 5.73. The number of anilines is 3. The number of nitrogens with zero attached hydrogens (tertiary/aromatic N) is 2. The maximum absolute atomic E-state index is 13.5. The fourth-order valence-corrected chi connectivity index (χ4v) is 3.97. The second-order valence-corrected chi connectivity index (χ2v) is 8.34. The Bertz CT molecular complexity index is 1030. The van der Waals surface area contributed by atoms with Gasteiger partial charge in [-0.1, -0.05) is 12.1 Å². The molecule has 1 atom stereocenters. The number of carbonyl (C=O) groups excluding carboxylic acids is 1. The first-order chi connectivity index (χ1) is 14.0. The quantitative estimate of drug-likeness (QED) is 0.506. The molecule has 6 heteroatoms. The van der Waals surface area contributed by atoms with E-state index in [0.717, 1.165) is 31.9 Å². The molecule has 0 fully saturated rings. The molecule has 0 unspecified atom stereocenters. The van der Waals surface area contributed by atoms with Crippen molar-refractivity contribution in [2.24, 2.45) is 0 Å². The highest BCUT2D eigenvalue weighted by Gasteiger charge is 2.34. The molecular weight excluding hydrogens is 477 g/mol. The summed E-state index contributed by atoms with van der Waals surface area (Å²) in [4.78, 5) is 17.4. The van der Waals surface area contributed by atoms with E-state index in [1.54, 1.807) is 7.11 Å². The van der Waals surface area contributed by atoms with Crippen LogP contribution in [0.1, 0.15) is 22.1 Å². The summed E-state index contributed by atoms with van der Waals surface area (Å²) < 4.78 is 6.31. The zero-order valence-corrected chi connectivity index (χ0v) is 18.7. The van der Waals surface area contributed by atoms with Gasteiger partial charge in [-0.2, -0.15) is 0 Å². The van der Waals surface area contributed by atoms with E-state index in [9.17, 15) is 4.79 Å². The first-order valence-corrected chi connectivity index (χ1v) is 10.4. The first kappa shape index (κ1) is 19.6. The molecule has 0 aromatic heterocycles. The summed E-state index contributed by atoms with van der Waals surface area (Å²) in [5.41, 5.74) is 4.47. The summed E-state index contributed by atoms with van der Waals surface area (Å²) in [5.74, 6) is 0.733. The molecule has 4 rings (SSSR count). The highest BCUT2D eigenvalue weighted by atomic mass is 127. The number of hydrogen-bond donors (Lipinski definition) is 1. The number of ether oxygens (including phenoxy) is 1. The normalized spacial score (nSPS) is 15.5. The van der Waals surface area contributed by atoms with E-state index in [0.29, 0.717) is 5.56 Å². The number of methoxy groups -OCH3 is 1. The third-order valence-electron chi connectivity index (χ3n) is 5.06. The largest absolute Gasteiger partial charge is 0.497 e. The predicted molar refractivity (Wildman–Crippen MR) is 126 cm³/mol. The van der Waals surface area contributed by atoms with Crippen LogP contribution in [0.25, 0.3) is 0 Å². The number of hydrogen-bond acceptors (Lipinski definition) is 4. The van der Waals surface area contributed by atoms with Crippen LogP contribution in [0.4, 0.5) is 17.1 Å². The highest BCUT2D eigenvalue weighted by Crippen LogP contribution is 2.38. The Morgan fingerprint density at radius 2 is 1.69 bits per heavy atom. The maximum Gasteiger partial charge on any atom is 0.262 e. The Morgan fingerprint density at radius 1 is 1.00 bits per heavy atom. The number of carbonyl (C=O) groups is 1. The van der Waals surface area contributed by atoms with Gasteiger partial charge in [-0.3, -0.25) is 9.69 Å². The second-order valence-electron chi connectivity index (χ2n) is 7.10. The molecule has 0 spiro atoms. The van der Waals surface area contributed by atoms with Gasteiger partial charge in [0.15, 0.2) is 0 Å². The van der Waals surface area contributed by atoms with E-state index in [1.165, 1.54) is 0 Å². The average molecular weight is 499 g/mol. The van der Waals surface area contributed by atoms with Gasteiger partial charge in [-0.15, -0.1) is 0 Å². The van der Waals surface area contributed by atoms with Crippen LogP contribution in [-0.4, -0.2) is 27.1 Å². The molecule has 148 valence electrons. The molecule has 1 heterocycles. The van der Waals surface area contributed by atoms with Crippen molar-refractivity contribution in [2.45, 2.75) is 6.17 Å². The second kappa shape index (κ2) is 7.94. The molecule has 0 saturated heterocycles. The summed E-state index contributed by atoms with van der Waals surface area (Å²) in [6.07, 6.45) is -0.306. The number of fused-ring (bicyclic) bond motifs is 1. The summed E-state index contributed by atoms with van der Waals surface area (Å²) >= 11 is 2.23. The lowest BCUT2D eigenvalue weighted by molar-refractivity contribution is 0.0975. The SMILES string of the molecule is COc1ccc(N2C(=O)c3cc(I)ccc3N[C@@H]2c2ccc(N(C)C)cc2)cc1. The monoisotopic (exact) mass is 499 g/mol. The van der Waals surface area contributed by atoms with Crippen molar-refractivity contribution in [2.75, 3.05) is 36.3 Å². The van der Waals surface area contributed by atoms with Crippen molar-refractivity contribution in [1.82, 2.24) is 0 Å². The van der Waals surface area contributed by atoms with E-state index in [1.807, 2.05) is 61.5 Å². The van der Waals surface area contributed by atoms with Gasteiger partial charge in [0.05, 0.1) is 12.7 Å². The molecule has 0 saturated carbocycles. The molecule has 1 N–H and O–H groups in total. The Hall–Kier alpha value is -2.74. The highest BCUT2D eigenvalue weighted by molar-refractivity contribution is 14.1. The molecule has 1 amide bonds. The Kier molecular flexibility index (Phi) is 5.36. The van der Waals surface area contributed by atoms with Gasteiger partial charge in [0.2, 0.25) is 0 Å². The van der Waals surface area contributed by atoms with Crippen molar-refractivity contribution in [1.29, 1.82) is 0 Å². The fraction of sp³-hybridized carbons (Fsp3) is 0.174. The lowest BCUT2D eigenvalue weighted by Crippen LogP contribution is -2.43. The minimum absolute atomic E-state index is 0.0240. The number of benzene rings is 3. The first-order valence-electron chi connectivity index (χ1n) is 9.29. The molecule has 0 aliphatic carbocycles. The van der Waals surface area contributed by atoms with Gasteiger partial charge in [0.1, 0.15) is 11.9 Å². The smallest absolute Gasteiger partial charge is 0.262 e. The van der Waals surface area contributed by atoms with E-state index in [-0.39, 0.29) is 12.1 Å². The molecule has 3 aromatic rings. The summed E-state index contributed by atoms with van der Waals surface area (Å²) in [7, 11) is 5.66. The van der Waals surface area contributed by atoms with Crippen molar-refractivity contribution in [3.8, 4) is 5.75 Å². The lowest BCUT2D eigenvalue weighted by atomic mass is 10.0. The minimum Gasteiger partial charge on any atom is -0.497 e. The summed E-state index contributed by atoms with van der Waals surface area (Å²) in [6, 6.07) is 21.7. The van der Waals surface area contributed by atoms with Crippen molar-refractivity contribution < 1.29 is 9.53 Å². The molecule has 3 aromatic carbocycles. The molecule has 5 nitrogen and oxygen atoms in total. The zero-order valence-electron chi connectivity index (χ0n) is 16.5. The molecule has 0 radical (unpaired) electrons. The van der Waals surface area contributed by atoms with Crippen LogP contribution in [0, 0.1) is 3.57 Å². The van der Waals surface area contributed by atoms with Gasteiger partial charge in [0.25, 0.3) is 5.91 Å². The Morgan fingerprint density at radius 3 is 2.31 bits per heavy atom. The van der Waals surface area contributed by atoms with Crippen LogP contribution in [0.15, 0.2) is 66.7 Å². The van der Waals surface area contributed by atoms with E-state index in [4.69, 9.17) is 4.74 Å². The number of rotatable bonds is 4. The standard InChI is InChI=1S/C23H22IN3O2/c1-26(2)17-7-4-15(5-8-17)22-25-21-13-6-16(24)14-20(21)23(28)27(22)18-9-11-19(29-3)12-10-18/h4-14,22,25H,1-3H3/t22-/m0/s1. The van der Waals surface area contributed by atoms with Gasteiger partial charge in [0, 0.05) is 34.7 Å². The fourth-order valence-electron chi connectivity index (χ4n) is 3.47. The van der Waals surface area contributed by atoms with Gasteiger partial charge >= 0.3 is 0 Å². The van der Waals surface area contributed by atoms with E-state index in [2.05, 4.69) is 57.1 Å². The van der Waals surface area contributed by atoms with E-state index >= 15 is 0 Å². The van der Waals surface area contributed by atoms with E-state index < -0.39 is 0 Å². The van der Waals surface area contributed by atoms with Crippen LogP contribution in [0.2, 0.25) is 0 Å². The Labute approximate surface area is 184 Å². The van der Waals surface area contributed by atoms with Gasteiger partial charge < -0.3 is 15.0 Å². The van der Waals surface area contributed by atoms with Crippen molar-refractivity contribution in [3.05, 3.63) is 81.4 Å². The molecular formula is C23H22IN3O2. The van der Waals surface area contributed by atoms with Crippen LogP contribution in [0.5, 0.6) is 5.75 Å². The Balaban J connectivity index is 1.81. The zero-order chi connectivity index (χ0) is 20.5. The number of nitrogens with one attached hydrogen (secondary N) is 1. The van der Waals surface area contributed by atoms with Gasteiger partial charge in [-0.25, -0.2) is 0 Å². The van der Waals surface area contributed by atoms with Crippen LogP contribution in [0.3, 0.4) is 0 Å². The molecule has 1 aliphatic heterocycles. The molecule has 29 heavy (non-hydrogen) atoms. The maximum atomic E-state index is 13.5. The number of halogens is 1. The lowest BCUT2D eigenvalue weighted by Gasteiger charge is -2.38. The predicted octanol–water partition coefficient (Wildman–Crippen LogP) is 5.14. The van der Waals surface area contributed by atoms with Crippen molar-refractivity contribution in [3.63, 3.8) is 0 Å². The van der Waals surface area contributed by atoms with Crippen molar-refractivity contribution >= 4 is 45.6 Å². The third kappa shape index (κ3) is 3.76. The van der Waals surface area contributed by atoms with Crippen LogP contribution >= 0.6 is 22.6 Å². The topological polar surface area (TPSA) is 44.8 Å².